The minimum Gasteiger partial charge on any atom is -0.493 e. The topological polar surface area (TPSA) is 70.5 Å². The molecule has 1 saturated heterocycles. The van der Waals surface area contributed by atoms with E-state index in [1.807, 2.05) is 12.1 Å². The van der Waals surface area contributed by atoms with Crippen LogP contribution in [0.4, 0.5) is 5.69 Å². The van der Waals surface area contributed by atoms with Gasteiger partial charge in [0, 0.05) is 23.3 Å². The summed E-state index contributed by atoms with van der Waals surface area (Å²) < 4.78 is 10.8. The number of nitro groups is 1. The summed E-state index contributed by atoms with van der Waals surface area (Å²) in [4.78, 5) is 13.8. The molecule has 0 spiro atoms. The number of hydrogen-bond donors (Lipinski definition) is 2. The number of rotatable bonds is 7. The van der Waals surface area contributed by atoms with Crippen LogP contribution < -0.4 is 19.3 Å². The summed E-state index contributed by atoms with van der Waals surface area (Å²) in [5.74, 6) is 1.54. The molecule has 7 nitrogen and oxygen atoms in total. The Kier molecular flexibility index (Phi) is 6.71. The Morgan fingerprint density at radius 2 is 1.72 bits per heavy atom. The van der Waals surface area contributed by atoms with Gasteiger partial charge < -0.3 is 19.3 Å². The molecular formula is C22H31N3O4+2. The second-order valence-electron chi connectivity index (χ2n) is 7.79. The Labute approximate surface area is 172 Å². The normalized spacial score (nSPS) is 20.1. The van der Waals surface area contributed by atoms with Crippen LogP contribution >= 0.6 is 0 Å². The molecule has 2 N–H and O–H groups in total. The van der Waals surface area contributed by atoms with Crippen LogP contribution in [0, 0.1) is 17.0 Å². The van der Waals surface area contributed by atoms with Gasteiger partial charge in [0.15, 0.2) is 11.5 Å². The van der Waals surface area contributed by atoms with Crippen molar-refractivity contribution in [2.45, 2.75) is 26.4 Å². The quantitative estimate of drug-likeness (QED) is 0.536. The molecule has 156 valence electrons. The molecule has 1 heterocycles. The number of quaternary nitrogens is 2. The monoisotopic (exact) mass is 401 g/mol. The van der Waals surface area contributed by atoms with Gasteiger partial charge >= 0.3 is 0 Å². The van der Waals surface area contributed by atoms with Crippen LogP contribution in [-0.2, 0) is 6.54 Å². The first-order valence-electron chi connectivity index (χ1n) is 10.1. The lowest BCUT2D eigenvalue weighted by atomic mass is 10.0. The van der Waals surface area contributed by atoms with Gasteiger partial charge in [0.25, 0.3) is 5.69 Å². The number of piperazine rings is 1. The zero-order chi connectivity index (χ0) is 21.0. The Morgan fingerprint density at radius 1 is 1.07 bits per heavy atom. The first kappa shape index (κ1) is 21.1. The van der Waals surface area contributed by atoms with E-state index in [9.17, 15) is 10.1 Å². The molecule has 1 fully saturated rings. The second-order valence-corrected chi connectivity index (χ2v) is 7.79. The Morgan fingerprint density at radius 3 is 2.34 bits per heavy atom. The zero-order valence-electron chi connectivity index (χ0n) is 17.7. The van der Waals surface area contributed by atoms with Crippen molar-refractivity contribution >= 4 is 5.69 Å². The van der Waals surface area contributed by atoms with Gasteiger partial charge in [-0.3, -0.25) is 10.1 Å². The highest BCUT2D eigenvalue weighted by Crippen LogP contribution is 2.29. The lowest BCUT2D eigenvalue weighted by molar-refractivity contribution is -1.03. The Bertz CT molecular complexity index is 863. The molecule has 2 aromatic rings. The summed E-state index contributed by atoms with van der Waals surface area (Å²) in [6.45, 7) is 9.48. The van der Waals surface area contributed by atoms with E-state index in [-0.39, 0.29) is 16.7 Å². The number of nitrogens with one attached hydrogen (secondary N) is 2. The molecular weight excluding hydrogens is 370 g/mol. The third-order valence-corrected chi connectivity index (χ3v) is 6.08. The van der Waals surface area contributed by atoms with Gasteiger partial charge in [-0.2, -0.15) is 0 Å². The number of nitrogens with zero attached hydrogens (tertiary/aromatic N) is 1. The summed E-state index contributed by atoms with van der Waals surface area (Å²) in [6.07, 6.45) is 0. The molecule has 0 saturated carbocycles. The van der Waals surface area contributed by atoms with Gasteiger partial charge in [-0.25, -0.2) is 0 Å². The minimum atomic E-state index is -0.320. The van der Waals surface area contributed by atoms with Crippen LogP contribution in [0.15, 0.2) is 36.4 Å². The average molecular weight is 402 g/mol. The third-order valence-electron chi connectivity index (χ3n) is 6.08. The maximum atomic E-state index is 11.1. The molecule has 29 heavy (non-hydrogen) atoms. The highest BCUT2D eigenvalue weighted by atomic mass is 16.6. The van der Waals surface area contributed by atoms with E-state index in [2.05, 4.69) is 19.9 Å². The van der Waals surface area contributed by atoms with E-state index >= 15 is 0 Å². The van der Waals surface area contributed by atoms with Crippen molar-refractivity contribution in [3.05, 3.63) is 63.2 Å². The summed E-state index contributed by atoms with van der Waals surface area (Å²) in [5, 5.41) is 11.1. The highest BCUT2D eigenvalue weighted by Gasteiger charge is 2.29. The van der Waals surface area contributed by atoms with Crippen molar-refractivity contribution in [2.24, 2.45) is 0 Å². The van der Waals surface area contributed by atoms with Gasteiger partial charge in [-0.05, 0) is 31.5 Å². The number of methoxy groups -OCH3 is 2. The summed E-state index contributed by atoms with van der Waals surface area (Å²) >= 11 is 0. The fraction of sp³-hybridized carbons (Fsp3) is 0.455. The molecule has 0 unspecified atom stereocenters. The van der Waals surface area contributed by atoms with Crippen molar-refractivity contribution in [3.63, 3.8) is 0 Å². The molecule has 2 aromatic carbocycles. The summed E-state index contributed by atoms with van der Waals surface area (Å²) in [7, 11) is 3.33. The van der Waals surface area contributed by atoms with E-state index in [1.165, 1.54) is 16.0 Å². The largest absolute Gasteiger partial charge is 0.493 e. The van der Waals surface area contributed by atoms with Crippen LogP contribution in [0.1, 0.15) is 29.7 Å². The second kappa shape index (κ2) is 9.24. The highest BCUT2D eigenvalue weighted by molar-refractivity contribution is 5.46. The van der Waals surface area contributed by atoms with E-state index in [0.29, 0.717) is 0 Å². The third kappa shape index (κ3) is 4.86. The SMILES string of the molecule is COc1cc(C)c(C[NH+]2CC[NH+]([C@H](C)c3cccc([N+](=O)[O-])c3)CC2)cc1OC. The van der Waals surface area contributed by atoms with Gasteiger partial charge in [-0.1, -0.05) is 12.1 Å². The smallest absolute Gasteiger partial charge is 0.269 e. The first-order valence-corrected chi connectivity index (χ1v) is 10.1. The maximum Gasteiger partial charge on any atom is 0.269 e. The minimum absolute atomic E-state index is 0.168. The van der Waals surface area contributed by atoms with E-state index < -0.39 is 0 Å². The standard InChI is InChI=1S/C22H29N3O4/c1-16-12-21(28-3)22(29-4)14-19(16)15-23-8-10-24(11-9-23)17(2)18-6-5-7-20(13-18)25(26)27/h5-7,12-14,17H,8-11,15H2,1-4H3/p+2/t17-/m1/s1. The number of nitro benzene ring substituents is 1. The van der Waals surface area contributed by atoms with E-state index in [4.69, 9.17) is 9.47 Å². The van der Waals surface area contributed by atoms with Crippen molar-refractivity contribution in [3.8, 4) is 11.5 Å². The Hall–Kier alpha value is -2.64. The van der Waals surface area contributed by atoms with Crippen LogP contribution in [0.2, 0.25) is 0 Å². The van der Waals surface area contributed by atoms with Crippen LogP contribution in [-0.4, -0.2) is 45.3 Å². The van der Waals surface area contributed by atoms with Crippen LogP contribution in [0.3, 0.4) is 0 Å². The summed E-state index contributed by atoms with van der Waals surface area (Å²) in [5.41, 5.74) is 3.71. The lowest BCUT2D eigenvalue weighted by Crippen LogP contribution is -3.27. The Balaban J connectivity index is 1.62. The fourth-order valence-corrected chi connectivity index (χ4v) is 4.16. The van der Waals surface area contributed by atoms with E-state index in [0.717, 1.165) is 49.8 Å². The molecule has 1 aliphatic rings. The molecule has 0 amide bonds. The van der Waals surface area contributed by atoms with Gasteiger partial charge in [0.1, 0.15) is 38.8 Å². The molecule has 0 aromatic heterocycles. The molecule has 7 heteroatoms. The van der Waals surface area contributed by atoms with Gasteiger partial charge in [0.2, 0.25) is 0 Å². The van der Waals surface area contributed by atoms with Crippen LogP contribution in [0.25, 0.3) is 0 Å². The molecule has 1 aliphatic heterocycles. The van der Waals surface area contributed by atoms with Crippen molar-refractivity contribution in [1.29, 1.82) is 0 Å². The summed E-state index contributed by atoms with van der Waals surface area (Å²) in [6, 6.07) is 11.4. The maximum absolute atomic E-state index is 11.1. The molecule has 0 aliphatic carbocycles. The van der Waals surface area contributed by atoms with Gasteiger partial charge in [0.05, 0.1) is 19.1 Å². The lowest BCUT2D eigenvalue weighted by Gasteiger charge is -2.33. The number of aryl methyl sites for hydroxylation is 1. The van der Waals surface area contributed by atoms with Gasteiger partial charge in [-0.15, -0.1) is 0 Å². The van der Waals surface area contributed by atoms with E-state index in [1.54, 1.807) is 37.3 Å². The molecule has 0 radical (unpaired) electrons. The van der Waals surface area contributed by atoms with Crippen molar-refractivity contribution < 1.29 is 24.2 Å². The number of benzene rings is 2. The number of non-ortho nitro benzene ring substituents is 1. The van der Waals surface area contributed by atoms with Crippen LogP contribution in [0.5, 0.6) is 11.5 Å². The number of ether oxygens (including phenoxy) is 2. The molecule has 1 atom stereocenters. The van der Waals surface area contributed by atoms with Crippen molar-refractivity contribution in [1.82, 2.24) is 0 Å². The molecule has 3 rings (SSSR count). The fourth-order valence-electron chi connectivity index (χ4n) is 4.16. The zero-order valence-corrected chi connectivity index (χ0v) is 17.7. The van der Waals surface area contributed by atoms with Crippen molar-refractivity contribution in [2.75, 3.05) is 40.4 Å². The molecule has 0 bridgehead atoms. The predicted octanol–water partition coefficient (Wildman–Crippen LogP) is 0.965. The average Bonchev–Trinajstić information content (AvgIpc) is 2.74. The predicted molar refractivity (Wildman–Crippen MR) is 111 cm³/mol. The first-order chi connectivity index (χ1) is 13.9. The number of hydrogen-bond acceptors (Lipinski definition) is 4.